The van der Waals surface area contributed by atoms with E-state index >= 15 is 0 Å². The van der Waals surface area contributed by atoms with E-state index in [-0.39, 0.29) is 64.8 Å². The summed E-state index contributed by atoms with van der Waals surface area (Å²) in [6, 6.07) is 51.8. The lowest BCUT2D eigenvalue weighted by molar-refractivity contribution is -0.134. The molecular formula is C96H105BBr2ClF4N7O9. The van der Waals surface area contributed by atoms with E-state index in [0.717, 1.165) is 112 Å². The molecule has 15 rings (SSSR count). The Morgan fingerprint density at radius 1 is 0.500 bits per heavy atom. The van der Waals surface area contributed by atoms with Crippen molar-refractivity contribution in [1.82, 2.24) is 35.1 Å². The fourth-order valence-corrected chi connectivity index (χ4v) is 14.2. The molecule has 0 radical (unpaired) electrons. The van der Waals surface area contributed by atoms with Crippen LogP contribution in [-0.2, 0) is 83.4 Å². The molecule has 630 valence electrons. The second kappa shape index (κ2) is 42.0. The highest BCUT2D eigenvalue weighted by atomic mass is 79.9. The number of fused-ring (bicyclic) bond motifs is 3. The van der Waals surface area contributed by atoms with Gasteiger partial charge in [0.15, 0.2) is 0 Å². The molecule has 4 aliphatic rings. The highest BCUT2D eigenvalue weighted by Gasteiger charge is 2.52. The number of carbonyl (C=O) groups excluding carboxylic acids is 2. The van der Waals surface area contributed by atoms with Crippen LogP contribution in [0.5, 0.6) is 23.0 Å². The largest absolute Gasteiger partial charge is 0.507 e. The molecule has 2 amide bonds. The van der Waals surface area contributed by atoms with E-state index in [1.54, 1.807) is 47.9 Å². The number of nitrogens with one attached hydrogen (secondary N) is 1. The lowest BCUT2D eigenvalue weighted by atomic mass is 9.77. The second-order valence-electron chi connectivity index (χ2n) is 33.2. The summed E-state index contributed by atoms with van der Waals surface area (Å²) < 4.78 is 89.6. The average Bonchev–Trinajstić information content (AvgIpc) is 1.62. The van der Waals surface area contributed by atoms with Crippen molar-refractivity contribution in [2.24, 2.45) is 5.41 Å². The number of pyridine rings is 4. The number of phenolic OH excluding ortho intramolecular Hbond substituents is 1. The van der Waals surface area contributed by atoms with Gasteiger partial charge in [0.2, 0.25) is 5.91 Å². The average molecular weight is 1780 g/mol. The van der Waals surface area contributed by atoms with Crippen LogP contribution < -0.4 is 25.0 Å². The van der Waals surface area contributed by atoms with Gasteiger partial charge in [-0.05, 0) is 345 Å². The number of hydrogen-bond acceptors (Lipinski definition) is 14. The number of amides is 2. The maximum atomic E-state index is 14.2. The van der Waals surface area contributed by atoms with Crippen molar-refractivity contribution in [1.29, 1.82) is 0 Å². The van der Waals surface area contributed by atoms with Gasteiger partial charge in [-0.15, -0.1) is 11.6 Å². The van der Waals surface area contributed by atoms with Gasteiger partial charge in [-0.1, -0.05) is 63.2 Å². The number of aromatic hydroxyl groups is 1. The number of rotatable bonds is 14. The van der Waals surface area contributed by atoms with Crippen molar-refractivity contribution in [3.8, 4) is 45.3 Å². The third kappa shape index (κ3) is 27.5. The number of phenols is 1. The van der Waals surface area contributed by atoms with E-state index in [0.29, 0.717) is 83.5 Å². The summed E-state index contributed by atoms with van der Waals surface area (Å²) in [4.78, 5) is 45.7. The van der Waals surface area contributed by atoms with Gasteiger partial charge < -0.3 is 48.5 Å². The number of ether oxygens (including phenoxy) is 4. The van der Waals surface area contributed by atoms with Crippen LogP contribution in [0.4, 0.5) is 22.4 Å². The first kappa shape index (κ1) is 92.3. The van der Waals surface area contributed by atoms with Crippen LogP contribution in [0.1, 0.15) is 154 Å². The first-order chi connectivity index (χ1) is 56.9. The molecule has 4 aromatic heterocycles. The second-order valence-corrected chi connectivity index (χ2v) is 35.2. The predicted molar refractivity (Wildman–Crippen MR) is 473 cm³/mol. The lowest BCUT2D eigenvalue weighted by Crippen LogP contribution is -2.41. The molecule has 120 heavy (non-hydrogen) atoms. The van der Waals surface area contributed by atoms with Crippen LogP contribution in [0.2, 0.25) is 0 Å². The minimum atomic E-state index is -0.484. The highest BCUT2D eigenvalue weighted by molar-refractivity contribution is 9.11. The summed E-state index contributed by atoms with van der Waals surface area (Å²) in [5, 5.41) is 12.2. The molecule has 0 atom stereocenters. The number of carbonyl (C=O) groups is 2. The van der Waals surface area contributed by atoms with Gasteiger partial charge in [-0.2, -0.15) is 0 Å². The zero-order valence-electron chi connectivity index (χ0n) is 70.6. The van der Waals surface area contributed by atoms with Crippen LogP contribution in [0, 0.1) is 56.4 Å². The van der Waals surface area contributed by atoms with Crippen molar-refractivity contribution in [2.75, 3.05) is 19.6 Å². The van der Waals surface area contributed by atoms with Gasteiger partial charge in [0.1, 0.15) is 71.7 Å². The van der Waals surface area contributed by atoms with Crippen molar-refractivity contribution in [3.05, 3.63) is 311 Å². The Bertz CT molecular complexity index is 5350. The van der Waals surface area contributed by atoms with Crippen LogP contribution in [-0.4, -0.2) is 90.4 Å². The fourth-order valence-electron chi connectivity index (χ4n) is 13.3. The van der Waals surface area contributed by atoms with Crippen molar-refractivity contribution < 1.29 is 60.5 Å². The summed E-state index contributed by atoms with van der Waals surface area (Å²) in [7, 11) is -0.387. The quantitative estimate of drug-likeness (QED) is 0.0596. The molecule has 24 heteroatoms. The summed E-state index contributed by atoms with van der Waals surface area (Å²) in [6.07, 6.45) is 10.0. The first-order valence-corrected chi connectivity index (χ1v) is 42.0. The summed E-state index contributed by atoms with van der Waals surface area (Å²) in [6.45, 7) is 33.6. The Labute approximate surface area is 725 Å². The van der Waals surface area contributed by atoms with E-state index in [1.165, 1.54) is 82.4 Å². The number of halogens is 7. The third-order valence-corrected chi connectivity index (χ3v) is 21.8. The molecule has 0 unspecified atom stereocenters. The van der Waals surface area contributed by atoms with Gasteiger partial charge in [0.25, 0.3) is 0 Å². The van der Waals surface area contributed by atoms with Crippen molar-refractivity contribution >= 4 is 68.0 Å². The van der Waals surface area contributed by atoms with Gasteiger partial charge in [0.05, 0.1) is 48.8 Å². The van der Waals surface area contributed by atoms with Crippen LogP contribution >= 0.6 is 43.5 Å². The molecule has 4 aliphatic heterocycles. The molecule has 16 nitrogen and oxygen atoms in total. The van der Waals surface area contributed by atoms with Crippen LogP contribution in [0.15, 0.2) is 210 Å². The monoisotopic (exact) mass is 1780 g/mol. The normalized spacial score (nSPS) is 14.2. The number of nitrogens with zero attached hydrogens (tertiary/aromatic N) is 6. The Balaban J connectivity index is 0.000000159. The molecule has 0 aliphatic carbocycles. The van der Waals surface area contributed by atoms with E-state index in [4.69, 9.17) is 45.0 Å². The molecule has 1 fully saturated rings. The van der Waals surface area contributed by atoms with Gasteiger partial charge in [-0.25, -0.2) is 22.4 Å². The summed E-state index contributed by atoms with van der Waals surface area (Å²) >= 11 is 11.7. The Morgan fingerprint density at radius 3 is 1.38 bits per heavy atom. The Hall–Kier alpha value is -10.0. The molecule has 11 aromatic rings. The summed E-state index contributed by atoms with van der Waals surface area (Å²) in [5.74, 6) is 1.38. The SMILES string of the molecule is CC(C)(C)OC(=O)N1CCc2ccc(B3OC(C)(C)C(C)(C)O3)cc2C1.Cc1ccnc(CCl)c1.Cc1ccnc(COc2ccc(F)cc2-c2ccc3c(c2)CN(C(=O)CC(C)(C)C)CC3)c1.Cc1ccnc(COc2ccc(F)cc2-c2ccc3c(c2)CNCC3)c1.Cc1ccnc(COc2ccc(F)cc2Br)c1.Oc1ccc(F)cc1Br. The van der Waals surface area contributed by atoms with Gasteiger partial charge in [-0.3, -0.25) is 24.7 Å². The zero-order valence-corrected chi connectivity index (χ0v) is 74.5. The van der Waals surface area contributed by atoms with E-state index in [2.05, 4.69) is 154 Å². The number of aryl methyl sites for hydroxylation is 4. The standard InChI is InChI=1S/C28H31FN2O2.C22H21FN2O.C20H30BNO4.C13H11BrFNO.C7H8ClN.C6H4BrFO/c1-19-9-11-30-24(13-19)18-33-26-8-7-23(29)15-25(26)21-6-5-20-10-12-31(17-22(20)14-21)27(32)16-28(2,3)4;1-15-6-9-25-20(10-15)14-26-22-5-4-19(23)12-21(22)17-3-2-16-7-8-24-13-18(16)11-17;1-18(2,3)24-17(23)22-11-10-14-8-9-16(12-15(14)13-22)21-25-19(4,5)20(6,7)26-21;1-9-4-5-16-11(6-9)8-17-13-3-2-10(15)7-12(13)14;1-6-2-3-9-7(4-6)5-8;7-5-3-4(8)1-2-6(5)9/h5-9,11,13-15H,10,12,16-18H2,1-4H3;2-6,9-12,24H,7-8,13-14H2,1H3;8-9,12H,10-11,13H2,1-7H3;2-7H,8H2,1H3;2-4H,5H2,1H3;1-3,9H. The van der Waals surface area contributed by atoms with Crippen molar-refractivity contribution in [3.63, 3.8) is 0 Å². The Morgan fingerprint density at radius 2 is 0.917 bits per heavy atom. The topological polar surface area (TPSA) is 180 Å². The molecule has 0 spiro atoms. The van der Waals surface area contributed by atoms with E-state index < -0.39 is 5.60 Å². The maximum Gasteiger partial charge on any atom is 0.494 e. The molecular weight excluding hydrogens is 1680 g/mol. The molecule has 2 N–H and O–H groups in total. The van der Waals surface area contributed by atoms with Crippen LogP contribution in [0.25, 0.3) is 22.3 Å². The minimum absolute atomic E-state index is 0.0425. The van der Waals surface area contributed by atoms with E-state index in [9.17, 15) is 27.2 Å². The van der Waals surface area contributed by atoms with E-state index in [1.807, 2.05) is 108 Å². The minimum Gasteiger partial charge on any atom is -0.507 e. The fraction of sp³-hybridized carbons (Fsp3) is 0.333. The number of hydrogen-bond donors (Lipinski definition) is 2. The lowest BCUT2D eigenvalue weighted by Gasteiger charge is -2.32. The Kier molecular flexibility index (Phi) is 32.3. The predicted octanol–water partition coefficient (Wildman–Crippen LogP) is 22.1. The zero-order chi connectivity index (χ0) is 86.6. The van der Waals surface area contributed by atoms with Crippen molar-refractivity contribution in [2.45, 2.75) is 185 Å². The van der Waals surface area contributed by atoms with Crippen LogP contribution in [0.3, 0.4) is 0 Å². The third-order valence-electron chi connectivity index (χ3n) is 20.2. The van der Waals surface area contributed by atoms with Gasteiger partial charge in [0, 0.05) is 75.1 Å². The molecule has 0 saturated carbocycles. The molecule has 1 saturated heterocycles. The molecule has 8 heterocycles. The molecule has 0 bridgehead atoms. The smallest absolute Gasteiger partial charge is 0.494 e. The number of alkyl halides is 1. The first-order valence-electron chi connectivity index (χ1n) is 39.9. The van der Waals surface area contributed by atoms with Gasteiger partial charge >= 0.3 is 13.2 Å². The summed E-state index contributed by atoms with van der Waals surface area (Å²) in [5.41, 5.74) is 18.5. The highest BCUT2D eigenvalue weighted by Crippen LogP contribution is 2.39. The number of aromatic nitrogens is 4. The number of benzene rings is 7. The maximum absolute atomic E-state index is 14.2. The molecule has 7 aromatic carbocycles.